The standard InChI is InChI=1S/C24H27N3O5S/c1-2-23(29)25-18-12-19(15-28)27(14-18)33(31,32)20-10-8-17(9-11-20)26-24(30)22-13-21(22)16-6-4-3-5-7-16/h2-11,18-19,21-22,28H,1,12-15H2,(H,25,29)(H,26,30). The van der Waals surface area contributed by atoms with Gasteiger partial charge in [0.05, 0.1) is 17.5 Å². The van der Waals surface area contributed by atoms with Crippen LogP contribution in [0.25, 0.3) is 0 Å². The number of sulfonamides is 1. The molecule has 0 spiro atoms. The van der Waals surface area contributed by atoms with Gasteiger partial charge in [-0.15, -0.1) is 0 Å². The lowest BCUT2D eigenvalue weighted by Gasteiger charge is -2.22. The van der Waals surface area contributed by atoms with Crippen molar-refractivity contribution in [3.05, 3.63) is 72.8 Å². The summed E-state index contributed by atoms with van der Waals surface area (Å²) in [4.78, 5) is 24.2. The summed E-state index contributed by atoms with van der Waals surface area (Å²) in [5, 5.41) is 15.2. The Morgan fingerprint density at radius 1 is 1.09 bits per heavy atom. The number of aliphatic hydroxyl groups excluding tert-OH is 1. The highest BCUT2D eigenvalue weighted by atomic mass is 32.2. The van der Waals surface area contributed by atoms with Crippen LogP contribution in [0.4, 0.5) is 5.69 Å². The molecule has 2 aromatic carbocycles. The highest BCUT2D eigenvalue weighted by Gasteiger charge is 2.44. The van der Waals surface area contributed by atoms with E-state index in [4.69, 9.17) is 0 Å². The van der Waals surface area contributed by atoms with Gasteiger partial charge in [0, 0.05) is 24.2 Å². The van der Waals surface area contributed by atoms with Crippen molar-refractivity contribution in [2.45, 2.75) is 35.7 Å². The fourth-order valence-corrected chi connectivity index (χ4v) is 6.02. The molecule has 2 aromatic rings. The molecule has 4 unspecified atom stereocenters. The molecular formula is C24H27N3O5S. The second-order valence-electron chi connectivity index (χ2n) is 8.43. The first-order valence-electron chi connectivity index (χ1n) is 10.8. The maximum Gasteiger partial charge on any atom is 0.243 e. The summed E-state index contributed by atoms with van der Waals surface area (Å²) in [7, 11) is -3.89. The molecule has 0 bridgehead atoms. The fourth-order valence-electron chi connectivity index (χ4n) is 4.35. The molecule has 1 saturated heterocycles. The van der Waals surface area contributed by atoms with Crippen molar-refractivity contribution in [3.8, 4) is 0 Å². The predicted octanol–water partition coefficient (Wildman–Crippen LogP) is 1.85. The Bertz CT molecular complexity index is 1130. The number of hydrogen-bond donors (Lipinski definition) is 3. The van der Waals surface area contributed by atoms with Crippen LogP contribution in [-0.4, -0.2) is 54.9 Å². The zero-order valence-corrected chi connectivity index (χ0v) is 18.9. The third-order valence-corrected chi connectivity index (χ3v) is 8.12. The Labute approximate surface area is 193 Å². The lowest BCUT2D eigenvalue weighted by atomic mass is 10.1. The fraction of sp³-hybridized carbons (Fsp3) is 0.333. The zero-order valence-electron chi connectivity index (χ0n) is 18.1. The Morgan fingerprint density at radius 2 is 1.79 bits per heavy atom. The van der Waals surface area contributed by atoms with Crippen LogP contribution in [0.3, 0.4) is 0 Å². The molecule has 1 aliphatic heterocycles. The molecule has 3 N–H and O–H groups in total. The smallest absolute Gasteiger partial charge is 0.243 e. The first kappa shape index (κ1) is 23.2. The molecular weight excluding hydrogens is 442 g/mol. The summed E-state index contributed by atoms with van der Waals surface area (Å²) in [6.07, 6.45) is 2.23. The summed E-state index contributed by atoms with van der Waals surface area (Å²) < 4.78 is 27.5. The number of carbonyl (C=O) groups is 2. The van der Waals surface area contributed by atoms with E-state index in [9.17, 15) is 23.1 Å². The molecule has 4 atom stereocenters. The maximum absolute atomic E-state index is 13.2. The third kappa shape index (κ3) is 5.00. The van der Waals surface area contributed by atoms with E-state index in [0.29, 0.717) is 12.1 Å². The molecule has 8 nitrogen and oxygen atoms in total. The summed E-state index contributed by atoms with van der Waals surface area (Å²) in [5.41, 5.74) is 1.67. The van der Waals surface area contributed by atoms with Gasteiger partial charge < -0.3 is 15.7 Å². The molecule has 0 radical (unpaired) electrons. The van der Waals surface area contributed by atoms with Gasteiger partial charge in [-0.25, -0.2) is 8.42 Å². The second-order valence-corrected chi connectivity index (χ2v) is 10.3. The highest BCUT2D eigenvalue weighted by Crippen LogP contribution is 2.47. The number of aliphatic hydroxyl groups is 1. The van der Waals surface area contributed by atoms with Crippen LogP contribution >= 0.6 is 0 Å². The average Bonchev–Trinajstić information content (AvgIpc) is 3.53. The van der Waals surface area contributed by atoms with Crippen molar-refractivity contribution < 1.29 is 23.1 Å². The Balaban J connectivity index is 1.40. The van der Waals surface area contributed by atoms with Crippen molar-refractivity contribution in [2.24, 2.45) is 5.92 Å². The van der Waals surface area contributed by atoms with Gasteiger partial charge in [0.25, 0.3) is 0 Å². The summed E-state index contributed by atoms with van der Waals surface area (Å²) in [6.45, 7) is 3.11. The number of nitrogens with zero attached hydrogens (tertiary/aromatic N) is 1. The van der Waals surface area contributed by atoms with Gasteiger partial charge in [-0.3, -0.25) is 9.59 Å². The van der Waals surface area contributed by atoms with Crippen LogP contribution in [0.5, 0.6) is 0 Å². The normalized spacial score (nSPS) is 24.8. The molecule has 2 amide bonds. The third-order valence-electron chi connectivity index (χ3n) is 6.19. The number of benzene rings is 2. The summed E-state index contributed by atoms with van der Waals surface area (Å²) >= 11 is 0. The molecule has 1 saturated carbocycles. The van der Waals surface area contributed by atoms with Crippen LogP contribution in [-0.2, 0) is 19.6 Å². The lowest BCUT2D eigenvalue weighted by Crippen LogP contribution is -2.39. The number of rotatable bonds is 8. The monoisotopic (exact) mass is 469 g/mol. The number of hydrogen-bond acceptors (Lipinski definition) is 5. The van der Waals surface area contributed by atoms with E-state index in [1.807, 2.05) is 30.3 Å². The van der Waals surface area contributed by atoms with Gasteiger partial charge in [-0.05, 0) is 54.7 Å². The predicted molar refractivity (Wildman–Crippen MR) is 124 cm³/mol. The van der Waals surface area contributed by atoms with Crippen LogP contribution in [0.1, 0.15) is 24.3 Å². The Morgan fingerprint density at radius 3 is 2.42 bits per heavy atom. The molecule has 0 aromatic heterocycles. The number of nitrogens with one attached hydrogen (secondary N) is 2. The van der Waals surface area contributed by atoms with E-state index in [1.54, 1.807) is 12.1 Å². The van der Waals surface area contributed by atoms with Crippen molar-refractivity contribution in [3.63, 3.8) is 0 Å². The topological polar surface area (TPSA) is 116 Å². The van der Waals surface area contributed by atoms with Gasteiger partial charge in [0.1, 0.15) is 0 Å². The minimum Gasteiger partial charge on any atom is -0.395 e. The molecule has 33 heavy (non-hydrogen) atoms. The molecule has 9 heteroatoms. The minimum atomic E-state index is -3.89. The van der Waals surface area contributed by atoms with Gasteiger partial charge in [0.2, 0.25) is 21.8 Å². The second kappa shape index (κ2) is 9.46. The van der Waals surface area contributed by atoms with Crippen molar-refractivity contribution in [1.29, 1.82) is 0 Å². The van der Waals surface area contributed by atoms with Crippen LogP contribution in [0.15, 0.2) is 72.1 Å². The van der Waals surface area contributed by atoms with E-state index in [2.05, 4.69) is 17.2 Å². The quantitative estimate of drug-likeness (QED) is 0.511. The van der Waals surface area contributed by atoms with E-state index < -0.39 is 22.1 Å². The highest BCUT2D eigenvalue weighted by molar-refractivity contribution is 7.89. The molecule has 1 aliphatic carbocycles. The molecule has 1 heterocycles. The van der Waals surface area contributed by atoms with Crippen molar-refractivity contribution in [1.82, 2.24) is 9.62 Å². The number of amides is 2. The maximum atomic E-state index is 13.2. The van der Waals surface area contributed by atoms with Crippen molar-refractivity contribution in [2.75, 3.05) is 18.5 Å². The first-order valence-corrected chi connectivity index (χ1v) is 12.3. The Hall–Kier alpha value is -3.01. The van der Waals surface area contributed by atoms with Gasteiger partial charge in [0.15, 0.2) is 0 Å². The minimum absolute atomic E-state index is 0.0585. The average molecular weight is 470 g/mol. The SMILES string of the molecule is C=CC(=O)NC1CC(CO)N(S(=O)(=O)c2ccc(NC(=O)C3CC3c3ccccc3)cc2)C1. The van der Waals surface area contributed by atoms with Gasteiger partial charge in [-0.1, -0.05) is 36.9 Å². The van der Waals surface area contributed by atoms with Crippen molar-refractivity contribution >= 4 is 27.5 Å². The van der Waals surface area contributed by atoms with Crippen LogP contribution in [0.2, 0.25) is 0 Å². The van der Waals surface area contributed by atoms with E-state index >= 15 is 0 Å². The van der Waals surface area contributed by atoms with Crippen LogP contribution < -0.4 is 10.6 Å². The first-order chi connectivity index (χ1) is 15.8. The van der Waals surface area contributed by atoms with Gasteiger partial charge in [-0.2, -0.15) is 4.31 Å². The Kier molecular flexibility index (Phi) is 6.64. The van der Waals surface area contributed by atoms with E-state index in [0.717, 1.165) is 18.1 Å². The molecule has 174 valence electrons. The largest absolute Gasteiger partial charge is 0.395 e. The summed E-state index contributed by atoms with van der Waals surface area (Å²) in [6, 6.07) is 14.9. The van der Waals surface area contributed by atoms with E-state index in [1.165, 1.54) is 16.4 Å². The number of carbonyl (C=O) groups excluding carboxylic acids is 2. The number of anilines is 1. The molecule has 4 rings (SSSR count). The van der Waals surface area contributed by atoms with Crippen LogP contribution in [0, 0.1) is 5.92 Å². The van der Waals surface area contributed by atoms with E-state index in [-0.39, 0.29) is 41.7 Å². The van der Waals surface area contributed by atoms with Gasteiger partial charge >= 0.3 is 0 Å². The lowest BCUT2D eigenvalue weighted by molar-refractivity contribution is -0.118. The zero-order chi connectivity index (χ0) is 23.6. The molecule has 2 fully saturated rings. The molecule has 2 aliphatic rings. The summed E-state index contributed by atoms with van der Waals surface area (Å²) in [5.74, 6) is -0.347.